The van der Waals surface area contributed by atoms with E-state index in [0.717, 1.165) is 5.56 Å². The molecule has 0 bridgehead atoms. The van der Waals surface area contributed by atoms with E-state index in [9.17, 15) is 4.79 Å². The molecule has 0 aliphatic heterocycles. The summed E-state index contributed by atoms with van der Waals surface area (Å²) in [7, 11) is 3.13. The average Bonchev–Trinajstić information content (AvgIpc) is 2.30. The number of benzene rings is 1. The van der Waals surface area contributed by atoms with E-state index in [2.05, 4.69) is 0 Å². The van der Waals surface area contributed by atoms with Gasteiger partial charge in [-0.15, -0.1) is 0 Å². The first-order chi connectivity index (χ1) is 7.60. The van der Waals surface area contributed by atoms with Crippen molar-refractivity contribution in [3.8, 4) is 11.5 Å². The molecule has 0 radical (unpaired) electrons. The predicted molar refractivity (Wildman–Crippen MR) is 65.6 cm³/mol. The third kappa shape index (κ3) is 3.26. The Morgan fingerprint density at radius 3 is 1.88 bits per heavy atom. The first kappa shape index (κ1) is 14.5. The smallest absolute Gasteiger partial charge is 0.161 e. The minimum atomic E-state index is 0.0310. The molecule has 0 aliphatic carbocycles. The molecule has 16 heavy (non-hydrogen) atoms. The molecular weight excluding hydrogens is 204 g/mol. The zero-order chi connectivity index (χ0) is 12.7. The van der Waals surface area contributed by atoms with Crippen LogP contribution in [0.3, 0.4) is 0 Å². The van der Waals surface area contributed by atoms with Crippen LogP contribution in [0.1, 0.15) is 36.7 Å². The molecule has 0 aliphatic rings. The van der Waals surface area contributed by atoms with Crippen molar-refractivity contribution in [3.63, 3.8) is 0 Å². The molecule has 0 spiro atoms. The minimum Gasteiger partial charge on any atom is -0.493 e. The van der Waals surface area contributed by atoms with Crippen LogP contribution < -0.4 is 9.47 Å². The van der Waals surface area contributed by atoms with Crippen molar-refractivity contribution in [2.45, 2.75) is 27.7 Å². The fourth-order valence-corrected chi connectivity index (χ4v) is 1.36. The van der Waals surface area contributed by atoms with Crippen molar-refractivity contribution in [3.05, 3.63) is 23.3 Å². The fourth-order valence-electron chi connectivity index (χ4n) is 1.36. The molecule has 0 fully saturated rings. The number of hydrogen-bond donors (Lipinski definition) is 0. The van der Waals surface area contributed by atoms with E-state index in [-0.39, 0.29) is 5.78 Å². The van der Waals surface area contributed by atoms with Gasteiger partial charge in [0.1, 0.15) is 0 Å². The second kappa shape index (κ2) is 6.88. The van der Waals surface area contributed by atoms with Gasteiger partial charge in [-0.25, -0.2) is 0 Å². The molecule has 0 saturated heterocycles. The Morgan fingerprint density at radius 1 is 1.06 bits per heavy atom. The second-order valence-corrected chi connectivity index (χ2v) is 3.08. The molecule has 0 atom stereocenters. The molecule has 3 nitrogen and oxygen atoms in total. The lowest BCUT2D eigenvalue weighted by Gasteiger charge is -2.10. The second-order valence-electron chi connectivity index (χ2n) is 3.08. The van der Waals surface area contributed by atoms with Gasteiger partial charge in [-0.2, -0.15) is 0 Å². The molecular formula is C13H20O3. The maximum atomic E-state index is 11.2. The molecule has 3 heteroatoms. The zero-order valence-electron chi connectivity index (χ0n) is 10.9. The Kier molecular flexibility index (Phi) is 6.23. The van der Waals surface area contributed by atoms with E-state index in [0.29, 0.717) is 17.1 Å². The topological polar surface area (TPSA) is 35.5 Å². The number of ketones is 1. The first-order valence-electron chi connectivity index (χ1n) is 5.33. The lowest BCUT2D eigenvalue weighted by atomic mass is 10.0. The van der Waals surface area contributed by atoms with Crippen molar-refractivity contribution >= 4 is 5.78 Å². The van der Waals surface area contributed by atoms with Crippen LogP contribution in [0.15, 0.2) is 12.1 Å². The van der Waals surface area contributed by atoms with Gasteiger partial charge in [0.15, 0.2) is 17.3 Å². The van der Waals surface area contributed by atoms with E-state index < -0.39 is 0 Å². The first-order valence-corrected chi connectivity index (χ1v) is 5.33. The molecule has 90 valence electrons. The van der Waals surface area contributed by atoms with E-state index >= 15 is 0 Å². The number of rotatable bonds is 3. The van der Waals surface area contributed by atoms with Crippen LogP contribution in [0.5, 0.6) is 11.5 Å². The summed E-state index contributed by atoms with van der Waals surface area (Å²) >= 11 is 0. The maximum Gasteiger partial charge on any atom is 0.161 e. The summed E-state index contributed by atoms with van der Waals surface area (Å²) in [5.74, 6) is 1.27. The van der Waals surface area contributed by atoms with Crippen molar-refractivity contribution in [1.82, 2.24) is 0 Å². The van der Waals surface area contributed by atoms with Crippen LogP contribution in [-0.2, 0) is 0 Å². The van der Waals surface area contributed by atoms with Crippen LogP contribution >= 0.6 is 0 Å². The van der Waals surface area contributed by atoms with Crippen LogP contribution in [0.25, 0.3) is 0 Å². The Balaban J connectivity index is 0.00000106. The third-order valence-electron chi connectivity index (χ3n) is 2.11. The Labute approximate surface area is 97.4 Å². The summed E-state index contributed by atoms with van der Waals surface area (Å²) in [5, 5.41) is 0. The van der Waals surface area contributed by atoms with Crippen molar-refractivity contribution in [2.75, 3.05) is 14.2 Å². The normalized spacial score (nSPS) is 8.88. The lowest BCUT2D eigenvalue weighted by molar-refractivity contribution is 0.101. The number of Topliss-reactive ketones (excluding diaryl/α,β-unsaturated/α-hetero) is 1. The Morgan fingerprint density at radius 2 is 1.50 bits per heavy atom. The van der Waals surface area contributed by atoms with Gasteiger partial charge in [0.2, 0.25) is 0 Å². The van der Waals surface area contributed by atoms with Gasteiger partial charge in [-0.3, -0.25) is 4.79 Å². The minimum absolute atomic E-state index is 0.0310. The summed E-state index contributed by atoms with van der Waals surface area (Å²) in [4.78, 5) is 11.2. The van der Waals surface area contributed by atoms with Crippen molar-refractivity contribution in [2.24, 2.45) is 0 Å². The molecule has 0 amide bonds. The Hall–Kier alpha value is -1.51. The van der Waals surface area contributed by atoms with Crippen molar-refractivity contribution in [1.29, 1.82) is 0 Å². The third-order valence-corrected chi connectivity index (χ3v) is 2.11. The van der Waals surface area contributed by atoms with E-state index in [1.54, 1.807) is 26.4 Å². The number of methoxy groups -OCH3 is 2. The zero-order valence-corrected chi connectivity index (χ0v) is 10.9. The maximum absolute atomic E-state index is 11.2. The van der Waals surface area contributed by atoms with Crippen molar-refractivity contribution < 1.29 is 14.3 Å². The van der Waals surface area contributed by atoms with Crippen LogP contribution in [-0.4, -0.2) is 20.0 Å². The summed E-state index contributed by atoms with van der Waals surface area (Å²) in [6.07, 6.45) is 0. The standard InChI is InChI=1S/C11H14O3.C2H6/c1-7-5-10(13-3)11(14-4)6-9(7)8(2)12;1-2/h5-6H,1-4H3;1-2H3. The highest BCUT2D eigenvalue weighted by molar-refractivity contribution is 5.96. The number of hydrogen-bond acceptors (Lipinski definition) is 3. The van der Waals surface area contributed by atoms with Gasteiger partial charge < -0.3 is 9.47 Å². The number of ether oxygens (including phenoxy) is 2. The highest BCUT2D eigenvalue weighted by Gasteiger charge is 2.10. The number of carbonyl (C=O) groups excluding carboxylic acids is 1. The monoisotopic (exact) mass is 224 g/mol. The molecule has 1 aromatic carbocycles. The van der Waals surface area contributed by atoms with Crippen LogP contribution in [0.4, 0.5) is 0 Å². The molecule has 0 N–H and O–H groups in total. The van der Waals surface area contributed by atoms with Gasteiger partial charge in [0, 0.05) is 5.56 Å². The molecule has 1 rings (SSSR count). The quantitative estimate of drug-likeness (QED) is 0.739. The van der Waals surface area contributed by atoms with Gasteiger partial charge >= 0.3 is 0 Å². The SMILES string of the molecule is CC.COc1cc(C)c(C(C)=O)cc1OC. The predicted octanol–water partition coefficient (Wildman–Crippen LogP) is 3.24. The number of aryl methyl sites for hydroxylation is 1. The van der Waals surface area contributed by atoms with Gasteiger partial charge in [-0.05, 0) is 31.5 Å². The van der Waals surface area contributed by atoms with Crippen LogP contribution in [0, 0.1) is 6.92 Å². The van der Waals surface area contributed by atoms with Gasteiger partial charge in [-0.1, -0.05) is 13.8 Å². The summed E-state index contributed by atoms with van der Waals surface area (Å²) < 4.78 is 10.2. The van der Waals surface area contributed by atoms with Crippen LogP contribution in [0.2, 0.25) is 0 Å². The van der Waals surface area contributed by atoms with E-state index in [4.69, 9.17) is 9.47 Å². The summed E-state index contributed by atoms with van der Waals surface area (Å²) in [6, 6.07) is 3.51. The highest BCUT2D eigenvalue weighted by atomic mass is 16.5. The van der Waals surface area contributed by atoms with E-state index in [1.807, 2.05) is 20.8 Å². The molecule has 0 aromatic heterocycles. The molecule has 0 saturated carbocycles. The Bertz CT molecular complexity index is 356. The largest absolute Gasteiger partial charge is 0.493 e. The number of carbonyl (C=O) groups is 1. The summed E-state index contributed by atoms with van der Waals surface area (Å²) in [5.41, 5.74) is 1.57. The fraction of sp³-hybridized carbons (Fsp3) is 0.462. The molecule has 1 aromatic rings. The van der Waals surface area contributed by atoms with Gasteiger partial charge in [0.25, 0.3) is 0 Å². The molecule has 0 heterocycles. The highest BCUT2D eigenvalue weighted by Crippen LogP contribution is 2.30. The molecule has 0 unspecified atom stereocenters. The van der Waals surface area contributed by atoms with E-state index in [1.165, 1.54) is 6.92 Å². The average molecular weight is 224 g/mol. The lowest BCUT2D eigenvalue weighted by Crippen LogP contribution is -1.99. The summed E-state index contributed by atoms with van der Waals surface area (Å²) in [6.45, 7) is 7.41. The van der Waals surface area contributed by atoms with Gasteiger partial charge in [0.05, 0.1) is 14.2 Å².